The summed E-state index contributed by atoms with van der Waals surface area (Å²) >= 11 is 0. The van der Waals surface area contributed by atoms with E-state index in [4.69, 9.17) is 5.73 Å². The maximum absolute atomic E-state index is 12.7. The Kier molecular flexibility index (Phi) is 5.42. The van der Waals surface area contributed by atoms with Crippen molar-refractivity contribution in [2.75, 3.05) is 7.05 Å². The van der Waals surface area contributed by atoms with Crippen molar-refractivity contribution in [3.8, 4) is 0 Å². The normalized spacial score (nSPS) is 26.4. The van der Waals surface area contributed by atoms with E-state index in [1.807, 2.05) is 47.2 Å². The van der Waals surface area contributed by atoms with Gasteiger partial charge in [-0.05, 0) is 44.2 Å². The number of carbonyl (C=O) groups excluding carboxylic acids is 2. The highest BCUT2D eigenvalue weighted by Crippen LogP contribution is 2.38. The monoisotopic (exact) mass is 343 g/mol. The number of amides is 2. The molecule has 2 aliphatic heterocycles. The second-order valence-corrected chi connectivity index (χ2v) is 7.43. The van der Waals surface area contributed by atoms with Crippen LogP contribution in [0.2, 0.25) is 0 Å². The number of nitrogens with two attached hydrogens (primary N) is 1. The van der Waals surface area contributed by atoms with Crippen molar-refractivity contribution in [3.63, 3.8) is 0 Å². The molecular formula is C20H29N3O2. The Labute approximate surface area is 150 Å². The average molecular weight is 343 g/mol. The molecule has 2 bridgehead atoms. The molecule has 2 saturated heterocycles. The smallest absolute Gasteiger partial charge is 0.253 e. The molecule has 3 atom stereocenters. The largest absolute Gasteiger partial charge is 0.339 e. The topological polar surface area (TPSA) is 66.6 Å². The molecular weight excluding hydrogens is 314 g/mol. The molecule has 0 aliphatic carbocycles. The van der Waals surface area contributed by atoms with Crippen LogP contribution in [0.1, 0.15) is 55.8 Å². The van der Waals surface area contributed by atoms with Gasteiger partial charge in [-0.2, -0.15) is 0 Å². The van der Waals surface area contributed by atoms with Crippen LogP contribution in [0.3, 0.4) is 0 Å². The third kappa shape index (κ3) is 3.56. The second-order valence-electron chi connectivity index (χ2n) is 7.43. The lowest BCUT2D eigenvalue weighted by Crippen LogP contribution is -2.56. The van der Waals surface area contributed by atoms with Crippen LogP contribution in [0, 0.1) is 0 Å². The van der Waals surface area contributed by atoms with Gasteiger partial charge in [0.2, 0.25) is 5.91 Å². The molecule has 0 radical (unpaired) electrons. The molecule has 2 N–H and O–H groups in total. The summed E-state index contributed by atoms with van der Waals surface area (Å²) in [6.45, 7) is 2.05. The Bertz CT molecular complexity index is 605. The maximum atomic E-state index is 12.7. The van der Waals surface area contributed by atoms with Gasteiger partial charge in [0.1, 0.15) is 0 Å². The lowest BCUT2D eigenvalue weighted by Gasteiger charge is -2.43. The Balaban J connectivity index is 1.67. The number of hydrogen-bond acceptors (Lipinski definition) is 3. The molecule has 0 aromatic heterocycles. The summed E-state index contributed by atoms with van der Waals surface area (Å²) in [6.07, 6.45) is 5.43. The zero-order valence-corrected chi connectivity index (χ0v) is 15.2. The van der Waals surface area contributed by atoms with Crippen molar-refractivity contribution < 1.29 is 9.59 Å². The van der Waals surface area contributed by atoms with Gasteiger partial charge in [-0.3, -0.25) is 9.59 Å². The van der Waals surface area contributed by atoms with Crippen molar-refractivity contribution in [1.29, 1.82) is 0 Å². The number of piperidine rings is 1. The molecule has 0 unspecified atom stereocenters. The second kappa shape index (κ2) is 7.56. The quantitative estimate of drug-likeness (QED) is 0.893. The van der Waals surface area contributed by atoms with E-state index in [1.165, 1.54) is 0 Å². The third-order valence-corrected chi connectivity index (χ3v) is 5.77. The molecule has 2 heterocycles. The minimum atomic E-state index is -0.381. The van der Waals surface area contributed by atoms with Gasteiger partial charge < -0.3 is 15.5 Å². The first-order valence-electron chi connectivity index (χ1n) is 9.42. The van der Waals surface area contributed by atoms with E-state index in [0.29, 0.717) is 0 Å². The van der Waals surface area contributed by atoms with Crippen LogP contribution >= 0.6 is 0 Å². The number of carbonyl (C=O) groups is 2. The highest BCUT2D eigenvalue weighted by molar-refractivity contribution is 5.94. The summed E-state index contributed by atoms with van der Waals surface area (Å²) in [6, 6.07) is 9.68. The molecule has 2 fully saturated rings. The lowest BCUT2D eigenvalue weighted by atomic mass is 9.94. The molecule has 1 aromatic rings. The first-order valence-corrected chi connectivity index (χ1v) is 9.42. The van der Waals surface area contributed by atoms with Gasteiger partial charge in [-0.15, -0.1) is 0 Å². The Morgan fingerprint density at radius 1 is 1.20 bits per heavy atom. The SMILES string of the molecule is CCC[C@H](N)C(=O)N1[C@H]2CC[C@H]1CC(N(C)C(=O)c1ccccc1)C2. The minimum Gasteiger partial charge on any atom is -0.339 e. The number of nitrogens with zero attached hydrogens (tertiary/aromatic N) is 2. The van der Waals surface area contributed by atoms with E-state index in [9.17, 15) is 9.59 Å². The Morgan fingerprint density at radius 3 is 2.36 bits per heavy atom. The lowest BCUT2D eigenvalue weighted by molar-refractivity contribution is -0.138. The van der Waals surface area contributed by atoms with Gasteiger partial charge in [0, 0.05) is 30.7 Å². The standard InChI is InChI=1S/C20H29N3O2/c1-3-7-18(21)20(25)23-15-10-11-16(23)13-17(12-15)22(2)19(24)14-8-5-4-6-9-14/h4-6,8-9,15-18H,3,7,10-13,21H2,1-2H3/t15-,16-,18-/m0/s1. The van der Waals surface area contributed by atoms with E-state index < -0.39 is 0 Å². The van der Waals surface area contributed by atoms with Gasteiger partial charge in [0.05, 0.1) is 6.04 Å². The molecule has 0 saturated carbocycles. The molecule has 0 spiro atoms. The van der Waals surface area contributed by atoms with Gasteiger partial charge in [-0.1, -0.05) is 31.5 Å². The molecule has 25 heavy (non-hydrogen) atoms. The van der Waals surface area contributed by atoms with E-state index in [0.717, 1.165) is 44.1 Å². The van der Waals surface area contributed by atoms with Crippen molar-refractivity contribution >= 4 is 11.8 Å². The van der Waals surface area contributed by atoms with Crippen LogP contribution in [0.15, 0.2) is 30.3 Å². The molecule has 2 amide bonds. The number of rotatable bonds is 5. The van der Waals surface area contributed by atoms with Crippen molar-refractivity contribution in [2.45, 2.75) is 69.6 Å². The van der Waals surface area contributed by atoms with Gasteiger partial charge in [0.25, 0.3) is 5.91 Å². The average Bonchev–Trinajstić information content (AvgIpc) is 2.90. The van der Waals surface area contributed by atoms with E-state index in [-0.39, 0.29) is 36.0 Å². The summed E-state index contributed by atoms with van der Waals surface area (Å²) in [5.74, 6) is 0.164. The van der Waals surface area contributed by atoms with Crippen LogP contribution in [-0.4, -0.2) is 52.8 Å². The first-order chi connectivity index (χ1) is 12.0. The van der Waals surface area contributed by atoms with Crippen molar-refractivity contribution in [3.05, 3.63) is 35.9 Å². The van der Waals surface area contributed by atoms with Gasteiger partial charge in [-0.25, -0.2) is 0 Å². The number of hydrogen-bond donors (Lipinski definition) is 1. The fraction of sp³-hybridized carbons (Fsp3) is 0.600. The zero-order chi connectivity index (χ0) is 18.0. The van der Waals surface area contributed by atoms with E-state index in [2.05, 4.69) is 6.92 Å². The molecule has 5 nitrogen and oxygen atoms in total. The Morgan fingerprint density at radius 2 is 1.80 bits per heavy atom. The van der Waals surface area contributed by atoms with E-state index in [1.54, 1.807) is 0 Å². The number of fused-ring (bicyclic) bond motifs is 2. The van der Waals surface area contributed by atoms with Crippen molar-refractivity contribution in [1.82, 2.24) is 9.80 Å². The predicted octanol–water partition coefficient (Wildman–Crippen LogP) is 2.41. The van der Waals surface area contributed by atoms with Crippen LogP contribution in [0.25, 0.3) is 0 Å². The molecule has 3 rings (SSSR count). The summed E-state index contributed by atoms with van der Waals surface area (Å²) in [5.41, 5.74) is 6.80. The highest BCUT2D eigenvalue weighted by atomic mass is 16.2. The molecule has 1 aromatic carbocycles. The Hall–Kier alpha value is -1.88. The van der Waals surface area contributed by atoms with E-state index >= 15 is 0 Å². The fourth-order valence-electron chi connectivity index (χ4n) is 4.40. The molecule has 2 aliphatic rings. The van der Waals surface area contributed by atoms with Crippen LogP contribution in [0.5, 0.6) is 0 Å². The fourth-order valence-corrected chi connectivity index (χ4v) is 4.40. The minimum absolute atomic E-state index is 0.0625. The number of benzene rings is 1. The van der Waals surface area contributed by atoms with Gasteiger partial charge in [0.15, 0.2) is 0 Å². The highest BCUT2D eigenvalue weighted by Gasteiger charge is 2.45. The van der Waals surface area contributed by atoms with Crippen molar-refractivity contribution in [2.24, 2.45) is 5.73 Å². The first kappa shape index (κ1) is 17.9. The summed E-state index contributed by atoms with van der Waals surface area (Å²) in [7, 11) is 1.89. The van der Waals surface area contributed by atoms with Crippen LogP contribution in [-0.2, 0) is 4.79 Å². The molecule has 136 valence electrons. The maximum Gasteiger partial charge on any atom is 0.253 e. The zero-order valence-electron chi connectivity index (χ0n) is 15.2. The summed E-state index contributed by atoms with van der Waals surface area (Å²) in [4.78, 5) is 29.3. The van der Waals surface area contributed by atoms with Crippen LogP contribution in [0.4, 0.5) is 0 Å². The predicted molar refractivity (Wildman–Crippen MR) is 98.1 cm³/mol. The summed E-state index contributed by atoms with van der Waals surface area (Å²) < 4.78 is 0. The third-order valence-electron chi connectivity index (χ3n) is 5.77. The summed E-state index contributed by atoms with van der Waals surface area (Å²) in [5, 5.41) is 0. The molecule has 5 heteroatoms. The van der Waals surface area contributed by atoms with Gasteiger partial charge >= 0.3 is 0 Å². The van der Waals surface area contributed by atoms with Crippen LogP contribution < -0.4 is 5.73 Å².